The van der Waals surface area contributed by atoms with Crippen molar-refractivity contribution in [1.29, 1.82) is 0 Å². The first-order valence-corrected chi connectivity index (χ1v) is 7.62. The van der Waals surface area contributed by atoms with Gasteiger partial charge >= 0.3 is 0 Å². The molecule has 1 amide bonds. The van der Waals surface area contributed by atoms with E-state index in [0.29, 0.717) is 23.8 Å². The molecule has 1 heterocycles. The number of carbonyl (C=O) groups excluding carboxylic acids is 1. The topological polar surface area (TPSA) is 45.2 Å². The van der Waals surface area contributed by atoms with Crippen LogP contribution in [0.2, 0.25) is 0 Å². The predicted molar refractivity (Wildman–Crippen MR) is 84.3 cm³/mol. The van der Waals surface area contributed by atoms with Crippen molar-refractivity contribution in [2.24, 2.45) is 0 Å². The molecule has 0 aliphatic rings. The second kappa shape index (κ2) is 6.67. The van der Waals surface area contributed by atoms with Crippen molar-refractivity contribution in [1.82, 2.24) is 4.98 Å². The Balaban J connectivity index is 2.06. The van der Waals surface area contributed by atoms with Gasteiger partial charge in [0.25, 0.3) is 0 Å². The Bertz CT molecular complexity index is 642. The summed E-state index contributed by atoms with van der Waals surface area (Å²) < 4.78 is 13.5. The normalized spacial score (nSPS) is 10.5. The molecule has 0 saturated carbocycles. The van der Waals surface area contributed by atoms with E-state index >= 15 is 0 Å². The van der Waals surface area contributed by atoms with Crippen LogP contribution in [0, 0.1) is 12.7 Å². The zero-order valence-electron chi connectivity index (χ0n) is 12.3. The summed E-state index contributed by atoms with van der Waals surface area (Å²) in [6.07, 6.45) is 0. The quantitative estimate of drug-likeness (QED) is 0.918. The van der Waals surface area contributed by atoms with Crippen molar-refractivity contribution in [3.8, 4) is 0 Å². The zero-order chi connectivity index (χ0) is 15.4. The lowest BCUT2D eigenvalue weighted by atomic mass is 10.2. The van der Waals surface area contributed by atoms with Gasteiger partial charge in [0.15, 0.2) is 5.13 Å². The molecule has 0 aliphatic heterocycles. The average molecular weight is 307 g/mol. The van der Waals surface area contributed by atoms with Crippen molar-refractivity contribution in [3.05, 3.63) is 40.7 Å². The number of halogens is 1. The Hall–Kier alpha value is -1.95. The number of anilines is 2. The van der Waals surface area contributed by atoms with E-state index in [0.717, 1.165) is 11.4 Å². The Morgan fingerprint density at radius 3 is 2.90 bits per heavy atom. The Morgan fingerprint density at radius 1 is 1.48 bits per heavy atom. The average Bonchev–Trinajstić information content (AvgIpc) is 2.89. The van der Waals surface area contributed by atoms with Gasteiger partial charge < -0.3 is 5.32 Å². The molecule has 0 bridgehead atoms. The van der Waals surface area contributed by atoms with Gasteiger partial charge in [-0.15, -0.1) is 11.3 Å². The molecule has 1 aromatic carbocycles. The van der Waals surface area contributed by atoms with E-state index in [9.17, 15) is 9.18 Å². The fourth-order valence-corrected chi connectivity index (χ4v) is 2.91. The van der Waals surface area contributed by atoms with Crippen molar-refractivity contribution < 1.29 is 9.18 Å². The molecule has 1 aromatic heterocycles. The molecule has 112 valence electrons. The summed E-state index contributed by atoms with van der Waals surface area (Å²) in [7, 11) is 0. The molecule has 0 atom stereocenters. The van der Waals surface area contributed by atoms with Gasteiger partial charge in [0.1, 0.15) is 5.82 Å². The molecule has 4 nitrogen and oxygen atoms in total. The number of amides is 1. The lowest BCUT2D eigenvalue weighted by molar-refractivity contribution is -0.116. The van der Waals surface area contributed by atoms with E-state index < -0.39 is 0 Å². The molecule has 0 saturated heterocycles. The number of hydrogen-bond acceptors (Lipinski definition) is 4. The molecule has 6 heteroatoms. The van der Waals surface area contributed by atoms with Gasteiger partial charge in [-0.3, -0.25) is 9.69 Å². The summed E-state index contributed by atoms with van der Waals surface area (Å²) in [6, 6.07) is 4.94. The van der Waals surface area contributed by atoms with Gasteiger partial charge in [0, 0.05) is 30.1 Å². The highest BCUT2D eigenvalue weighted by Gasteiger charge is 2.13. The smallest absolute Gasteiger partial charge is 0.225 e. The SMILES string of the molecule is CCN(C(C)=O)c1nc(CNc2cccc(F)c2C)cs1. The van der Waals surface area contributed by atoms with Crippen molar-refractivity contribution in [2.45, 2.75) is 27.3 Å². The number of nitrogens with one attached hydrogen (secondary N) is 1. The van der Waals surface area contributed by atoms with Crippen LogP contribution in [0.4, 0.5) is 15.2 Å². The molecule has 2 aromatic rings. The van der Waals surface area contributed by atoms with Crippen LogP contribution >= 0.6 is 11.3 Å². The summed E-state index contributed by atoms with van der Waals surface area (Å²) in [4.78, 5) is 17.5. The lowest BCUT2D eigenvalue weighted by Crippen LogP contribution is -2.27. The summed E-state index contributed by atoms with van der Waals surface area (Å²) in [5.41, 5.74) is 2.17. The van der Waals surface area contributed by atoms with Crippen LogP contribution in [-0.2, 0) is 11.3 Å². The van der Waals surface area contributed by atoms with Crippen molar-refractivity contribution >= 4 is 28.1 Å². The van der Waals surface area contributed by atoms with Crippen LogP contribution in [0.5, 0.6) is 0 Å². The Kier molecular flexibility index (Phi) is 4.90. The fraction of sp³-hybridized carbons (Fsp3) is 0.333. The number of carbonyl (C=O) groups is 1. The number of thiazole rings is 1. The summed E-state index contributed by atoms with van der Waals surface area (Å²) in [5.74, 6) is -0.250. The second-order valence-electron chi connectivity index (χ2n) is 4.65. The Labute approximate surface area is 127 Å². The van der Waals surface area contributed by atoms with E-state index in [1.165, 1.54) is 24.3 Å². The maximum atomic E-state index is 13.5. The zero-order valence-corrected chi connectivity index (χ0v) is 13.1. The van der Waals surface area contributed by atoms with Gasteiger partial charge in [0.2, 0.25) is 5.91 Å². The third kappa shape index (κ3) is 3.58. The summed E-state index contributed by atoms with van der Waals surface area (Å²) >= 11 is 1.43. The molecule has 0 unspecified atom stereocenters. The van der Waals surface area contributed by atoms with Crippen LogP contribution in [-0.4, -0.2) is 17.4 Å². The van der Waals surface area contributed by atoms with Gasteiger partial charge in [-0.05, 0) is 26.0 Å². The summed E-state index contributed by atoms with van der Waals surface area (Å²) in [5, 5.41) is 5.77. The second-order valence-corrected chi connectivity index (χ2v) is 5.49. The van der Waals surface area contributed by atoms with E-state index in [4.69, 9.17) is 0 Å². The maximum Gasteiger partial charge on any atom is 0.225 e. The first-order valence-electron chi connectivity index (χ1n) is 6.74. The highest BCUT2D eigenvalue weighted by atomic mass is 32.1. The van der Waals surface area contributed by atoms with Crippen LogP contribution < -0.4 is 10.2 Å². The van der Waals surface area contributed by atoms with Gasteiger partial charge in [-0.25, -0.2) is 9.37 Å². The van der Waals surface area contributed by atoms with E-state index in [2.05, 4.69) is 10.3 Å². The van der Waals surface area contributed by atoms with Crippen LogP contribution in [0.1, 0.15) is 25.1 Å². The molecule has 0 fully saturated rings. The van der Waals surface area contributed by atoms with Crippen LogP contribution in [0.25, 0.3) is 0 Å². The minimum absolute atomic E-state index is 0.0210. The Morgan fingerprint density at radius 2 is 2.24 bits per heavy atom. The number of hydrogen-bond donors (Lipinski definition) is 1. The fourth-order valence-electron chi connectivity index (χ4n) is 1.98. The molecule has 0 aliphatic carbocycles. The van der Waals surface area contributed by atoms with E-state index in [1.54, 1.807) is 17.9 Å². The third-order valence-electron chi connectivity index (χ3n) is 3.19. The highest BCUT2D eigenvalue weighted by molar-refractivity contribution is 7.14. The molecule has 1 N–H and O–H groups in total. The highest BCUT2D eigenvalue weighted by Crippen LogP contribution is 2.22. The number of rotatable bonds is 5. The molecular formula is C15H18FN3OS. The number of benzene rings is 1. The third-order valence-corrected chi connectivity index (χ3v) is 4.11. The largest absolute Gasteiger partial charge is 0.379 e. The molecule has 0 spiro atoms. The van der Waals surface area contributed by atoms with Crippen molar-refractivity contribution in [2.75, 3.05) is 16.8 Å². The monoisotopic (exact) mass is 307 g/mol. The molecular weight excluding hydrogens is 289 g/mol. The molecule has 0 radical (unpaired) electrons. The first-order chi connectivity index (χ1) is 10.0. The molecule has 2 rings (SSSR count). The maximum absolute atomic E-state index is 13.5. The number of nitrogens with zero attached hydrogens (tertiary/aromatic N) is 2. The van der Waals surface area contributed by atoms with Gasteiger partial charge in [-0.1, -0.05) is 6.07 Å². The van der Waals surface area contributed by atoms with Crippen molar-refractivity contribution in [3.63, 3.8) is 0 Å². The van der Waals surface area contributed by atoms with Gasteiger partial charge in [-0.2, -0.15) is 0 Å². The minimum Gasteiger partial charge on any atom is -0.379 e. The van der Waals surface area contributed by atoms with Gasteiger partial charge in [0.05, 0.1) is 12.2 Å². The molecule has 21 heavy (non-hydrogen) atoms. The van der Waals surface area contributed by atoms with Crippen LogP contribution in [0.15, 0.2) is 23.6 Å². The van der Waals surface area contributed by atoms with E-state index in [-0.39, 0.29) is 11.7 Å². The minimum atomic E-state index is -0.229. The lowest BCUT2D eigenvalue weighted by Gasteiger charge is -2.14. The van der Waals surface area contributed by atoms with E-state index in [1.807, 2.05) is 18.4 Å². The number of aromatic nitrogens is 1. The van der Waals surface area contributed by atoms with Crippen LogP contribution in [0.3, 0.4) is 0 Å². The summed E-state index contributed by atoms with van der Waals surface area (Å²) in [6.45, 7) is 6.27. The standard InChI is InChI=1S/C15H18FN3OS/c1-4-19(11(3)20)15-18-12(9-21-15)8-17-14-7-5-6-13(16)10(14)2/h5-7,9,17H,4,8H2,1-3H3. The first kappa shape index (κ1) is 15.4. The predicted octanol–water partition coefficient (Wildman–Crippen LogP) is 3.58.